The first kappa shape index (κ1) is 11.4. The van der Waals surface area contributed by atoms with Crippen LogP contribution in [0.1, 0.15) is 35.7 Å². The number of nitrogens with one attached hydrogen (secondary N) is 1. The average Bonchev–Trinajstić information content (AvgIpc) is 3.08. The van der Waals surface area contributed by atoms with Crippen LogP contribution in [0.25, 0.3) is 0 Å². The largest absolute Gasteiger partial charge is 0.338 e. The Morgan fingerprint density at radius 3 is 3.06 bits per heavy atom. The zero-order valence-corrected chi connectivity index (χ0v) is 10.5. The van der Waals surface area contributed by atoms with Crippen molar-refractivity contribution >= 4 is 0 Å². The lowest BCUT2D eigenvalue weighted by Crippen LogP contribution is -2.15. The van der Waals surface area contributed by atoms with Crippen LogP contribution in [-0.2, 0) is 13.0 Å². The molecule has 0 radical (unpaired) electrons. The third-order valence-corrected chi connectivity index (χ3v) is 3.07. The molecule has 0 spiro atoms. The molecule has 1 N–H and O–H groups in total. The number of rotatable bonds is 5. The van der Waals surface area contributed by atoms with Crippen LogP contribution in [-0.4, -0.2) is 16.2 Å². The molecule has 2 aromatic rings. The van der Waals surface area contributed by atoms with Gasteiger partial charge in [0.25, 0.3) is 0 Å². The minimum atomic E-state index is 0.664. The van der Waals surface area contributed by atoms with Crippen LogP contribution in [0.5, 0.6) is 0 Å². The van der Waals surface area contributed by atoms with Crippen molar-refractivity contribution in [2.24, 2.45) is 0 Å². The van der Waals surface area contributed by atoms with Crippen LogP contribution in [0.2, 0.25) is 0 Å². The standard InChI is InChI=1S/C14H17N3O/c1-10-3-2-4-11(7-10)8-13-16-14(18-17-13)9-15-12-5-6-12/h2-4,7,12,15H,5-6,8-9H2,1H3. The number of hydrogen-bond acceptors (Lipinski definition) is 4. The summed E-state index contributed by atoms with van der Waals surface area (Å²) in [6, 6.07) is 9.05. The Hall–Kier alpha value is -1.68. The van der Waals surface area contributed by atoms with Gasteiger partial charge >= 0.3 is 0 Å². The molecule has 3 rings (SSSR count). The smallest absolute Gasteiger partial charge is 0.240 e. The quantitative estimate of drug-likeness (QED) is 0.874. The molecule has 1 aliphatic rings. The molecule has 1 aliphatic carbocycles. The van der Waals surface area contributed by atoms with E-state index in [1.54, 1.807) is 0 Å². The summed E-state index contributed by atoms with van der Waals surface area (Å²) in [7, 11) is 0. The van der Waals surface area contributed by atoms with Crippen molar-refractivity contribution in [3.8, 4) is 0 Å². The topological polar surface area (TPSA) is 51.0 Å². The maximum Gasteiger partial charge on any atom is 0.240 e. The number of benzene rings is 1. The maximum absolute atomic E-state index is 5.22. The molecule has 0 bridgehead atoms. The second-order valence-corrected chi connectivity index (χ2v) is 4.93. The van der Waals surface area contributed by atoms with E-state index in [-0.39, 0.29) is 0 Å². The van der Waals surface area contributed by atoms with Crippen molar-refractivity contribution in [1.82, 2.24) is 15.5 Å². The van der Waals surface area contributed by atoms with Gasteiger partial charge in [-0.25, -0.2) is 0 Å². The van der Waals surface area contributed by atoms with Crippen molar-refractivity contribution in [1.29, 1.82) is 0 Å². The van der Waals surface area contributed by atoms with Gasteiger partial charge in [-0.1, -0.05) is 35.0 Å². The molecule has 0 unspecified atom stereocenters. The Labute approximate surface area is 106 Å². The second-order valence-electron chi connectivity index (χ2n) is 4.93. The van der Waals surface area contributed by atoms with E-state index in [0.717, 1.165) is 12.2 Å². The third-order valence-electron chi connectivity index (χ3n) is 3.07. The lowest BCUT2D eigenvalue weighted by molar-refractivity contribution is 0.363. The van der Waals surface area contributed by atoms with Crippen LogP contribution in [0.4, 0.5) is 0 Å². The number of aromatic nitrogens is 2. The first-order valence-corrected chi connectivity index (χ1v) is 6.40. The minimum absolute atomic E-state index is 0.664. The van der Waals surface area contributed by atoms with Gasteiger partial charge in [-0.05, 0) is 25.3 Å². The van der Waals surface area contributed by atoms with Gasteiger partial charge in [0.05, 0.1) is 6.54 Å². The fourth-order valence-corrected chi connectivity index (χ4v) is 1.96. The minimum Gasteiger partial charge on any atom is -0.338 e. The van der Waals surface area contributed by atoms with Crippen LogP contribution in [0, 0.1) is 6.92 Å². The van der Waals surface area contributed by atoms with Crippen molar-refractivity contribution in [2.45, 2.75) is 38.8 Å². The van der Waals surface area contributed by atoms with E-state index in [1.807, 2.05) is 0 Å². The predicted molar refractivity (Wildman–Crippen MR) is 68.1 cm³/mol. The monoisotopic (exact) mass is 243 g/mol. The third kappa shape index (κ3) is 2.96. The number of hydrogen-bond donors (Lipinski definition) is 1. The second kappa shape index (κ2) is 4.90. The van der Waals surface area contributed by atoms with Gasteiger partial charge in [0, 0.05) is 12.5 Å². The molecule has 94 valence electrons. The molecule has 0 saturated heterocycles. The molecule has 18 heavy (non-hydrogen) atoms. The van der Waals surface area contributed by atoms with Crippen molar-refractivity contribution in [3.63, 3.8) is 0 Å². The summed E-state index contributed by atoms with van der Waals surface area (Å²) in [5, 5.41) is 7.38. The highest BCUT2D eigenvalue weighted by atomic mass is 16.5. The highest BCUT2D eigenvalue weighted by Gasteiger charge is 2.21. The van der Waals surface area contributed by atoms with Crippen LogP contribution in [0.3, 0.4) is 0 Å². The SMILES string of the molecule is Cc1cccc(Cc2noc(CNC3CC3)n2)c1. The van der Waals surface area contributed by atoms with Gasteiger partial charge in [-0.15, -0.1) is 0 Å². The normalized spacial score (nSPS) is 14.9. The van der Waals surface area contributed by atoms with Crippen LogP contribution < -0.4 is 5.32 Å². The highest BCUT2D eigenvalue weighted by molar-refractivity contribution is 5.24. The summed E-state index contributed by atoms with van der Waals surface area (Å²) < 4.78 is 5.22. The molecule has 1 saturated carbocycles. The molecule has 0 atom stereocenters. The molecule has 0 aliphatic heterocycles. The van der Waals surface area contributed by atoms with Crippen molar-refractivity contribution in [2.75, 3.05) is 0 Å². The first-order chi connectivity index (χ1) is 8.79. The molecule has 1 aromatic heterocycles. The Morgan fingerprint density at radius 1 is 1.39 bits per heavy atom. The molecule has 0 amide bonds. The van der Waals surface area contributed by atoms with Crippen molar-refractivity contribution in [3.05, 3.63) is 47.1 Å². The summed E-state index contributed by atoms with van der Waals surface area (Å²) in [5.41, 5.74) is 2.48. The van der Waals surface area contributed by atoms with E-state index in [9.17, 15) is 0 Å². The average molecular weight is 243 g/mol. The van der Waals surface area contributed by atoms with Crippen LogP contribution in [0.15, 0.2) is 28.8 Å². The Balaban J connectivity index is 1.61. The number of aryl methyl sites for hydroxylation is 1. The van der Waals surface area contributed by atoms with Gasteiger partial charge in [0.1, 0.15) is 0 Å². The Morgan fingerprint density at radius 2 is 2.28 bits per heavy atom. The first-order valence-electron chi connectivity index (χ1n) is 6.40. The van der Waals surface area contributed by atoms with E-state index in [4.69, 9.17) is 4.52 Å². The van der Waals surface area contributed by atoms with E-state index in [1.165, 1.54) is 24.0 Å². The van der Waals surface area contributed by atoms with Gasteiger partial charge in [0.15, 0.2) is 5.82 Å². The molecular formula is C14H17N3O. The highest BCUT2D eigenvalue weighted by Crippen LogP contribution is 2.19. The van der Waals surface area contributed by atoms with Gasteiger partial charge in [-0.2, -0.15) is 4.98 Å². The lowest BCUT2D eigenvalue weighted by Gasteiger charge is -1.98. The summed E-state index contributed by atoms with van der Waals surface area (Å²) in [6.07, 6.45) is 3.27. The molecule has 1 heterocycles. The van der Waals surface area contributed by atoms with Gasteiger partial charge < -0.3 is 9.84 Å². The fraction of sp³-hybridized carbons (Fsp3) is 0.429. The Kier molecular flexibility index (Phi) is 3.11. The summed E-state index contributed by atoms with van der Waals surface area (Å²) in [4.78, 5) is 4.39. The zero-order chi connectivity index (χ0) is 12.4. The lowest BCUT2D eigenvalue weighted by atomic mass is 10.1. The number of nitrogens with zero attached hydrogens (tertiary/aromatic N) is 2. The van der Waals surface area contributed by atoms with E-state index in [2.05, 4.69) is 46.6 Å². The fourth-order valence-electron chi connectivity index (χ4n) is 1.96. The molecule has 1 aromatic carbocycles. The van der Waals surface area contributed by atoms with Crippen molar-refractivity contribution < 1.29 is 4.52 Å². The molecule has 1 fully saturated rings. The Bertz CT molecular complexity index is 531. The van der Waals surface area contributed by atoms with Gasteiger partial charge in [0.2, 0.25) is 5.89 Å². The zero-order valence-electron chi connectivity index (χ0n) is 10.5. The summed E-state index contributed by atoms with van der Waals surface area (Å²) in [6.45, 7) is 2.77. The predicted octanol–water partition coefficient (Wildman–Crippen LogP) is 2.22. The molecule has 4 nitrogen and oxygen atoms in total. The maximum atomic E-state index is 5.22. The molecule has 4 heteroatoms. The van der Waals surface area contributed by atoms with Crippen LogP contribution >= 0.6 is 0 Å². The van der Waals surface area contributed by atoms with E-state index < -0.39 is 0 Å². The molecular weight excluding hydrogens is 226 g/mol. The van der Waals surface area contributed by atoms with E-state index >= 15 is 0 Å². The van der Waals surface area contributed by atoms with E-state index in [0.29, 0.717) is 18.5 Å². The van der Waals surface area contributed by atoms with Gasteiger partial charge in [-0.3, -0.25) is 0 Å². The summed E-state index contributed by atoms with van der Waals surface area (Å²) in [5.74, 6) is 1.44. The summed E-state index contributed by atoms with van der Waals surface area (Å²) >= 11 is 0.